The Bertz CT molecular complexity index is 924. The zero-order valence-electron chi connectivity index (χ0n) is 18.2. The van der Waals surface area contributed by atoms with Gasteiger partial charge in [0.05, 0.1) is 0 Å². The van der Waals surface area contributed by atoms with Gasteiger partial charge in [0, 0.05) is 0 Å². The number of allylic oxidation sites excluding steroid dienone is 1. The van der Waals surface area contributed by atoms with Crippen molar-refractivity contribution in [3.63, 3.8) is 0 Å². The van der Waals surface area contributed by atoms with E-state index in [0.29, 0.717) is 17.7 Å². The third-order valence-corrected chi connectivity index (χ3v) is 15.1. The van der Waals surface area contributed by atoms with Crippen LogP contribution in [0.15, 0.2) is 47.9 Å². The van der Waals surface area contributed by atoms with E-state index in [1.54, 1.807) is 36.4 Å². The minimum atomic E-state index is -3.90. The molecule has 1 N–H and O–H groups in total. The van der Waals surface area contributed by atoms with Crippen LogP contribution in [0.1, 0.15) is 52.9 Å². The van der Waals surface area contributed by atoms with Crippen LogP contribution in [0.4, 0.5) is 0 Å². The molecule has 0 aromatic heterocycles. The third-order valence-electron chi connectivity index (χ3n) is 7.91. The molecule has 5 atom stereocenters. The van der Waals surface area contributed by atoms with Crippen LogP contribution in [0.5, 0.6) is 0 Å². The summed E-state index contributed by atoms with van der Waals surface area (Å²) in [6.45, 7) is 10.4. The molecule has 164 valence electrons. The van der Waals surface area contributed by atoms with E-state index >= 15 is 0 Å². The van der Waals surface area contributed by atoms with Gasteiger partial charge in [-0.25, -0.2) is 0 Å². The Balaban J connectivity index is 2.07. The fraction of sp³-hybridized carbons (Fsp3) is 0.625. The monoisotopic (exact) mass is 495 g/mol. The number of benzene rings is 1. The van der Waals surface area contributed by atoms with Crippen molar-refractivity contribution in [3.8, 4) is 6.07 Å². The molecule has 4 nitrogen and oxygen atoms in total. The van der Waals surface area contributed by atoms with Gasteiger partial charge >= 0.3 is 188 Å². The molecule has 0 radical (unpaired) electrons. The van der Waals surface area contributed by atoms with Crippen molar-refractivity contribution in [1.82, 2.24) is 0 Å². The summed E-state index contributed by atoms with van der Waals surface area (Å²) >= 11 is -0.540. The van der Waals surface area contributed by atoms with Gasteiger partial charge in [-0.15, -0.1) is 0 Å². The van der Waals surface area contributed by atoms with Crippen molar-refractivity contribution in [2.24, 2.45) is 22.7 Å². The molecule has 0 unspecified atom stereocenters. The molecule has 0 amide bonds. The topological polar surface area (TPSA) is 78.2 Å². The van der Waals surface area contributed by atoms with Gasteiger partial charge in [-0.05, 0) is 0 Å². The number of nitrogens with zero attached hydrogens (tertiary/aromatic N) is 1. The Hall–Kier alpha value is -1.12. The number of aliphatic hydroxyl groups is 1. The van der Waals surface area contributed by atoms with Crippen LogP contribution in [0.2, 0.25) is 5.32 Å². The van der Waals surface area contributed by atoms with Gasteiger partial charge in [0.25, 0.3) is 0 Å². The summed E-state index contributed by atoms with van der Waals surface area (Å²) in [5.41, 5.74) is -0.343. The van der Waals surface area contributed by atoms with Gasteiger partial charge in [-0.3, -0.25) is 0 Å². The molecule has 2 fully saturated rings. The molecule has 3 rings (SSSR count). The van der Waals surface area contributed by atoms with E-state index in [4.69, 9.17) is 0 Å². The van der Waals surface area contributed by atoms with Crippen LogP contribution in [-0.2, 0) is 9.84 Å². The summed E-state index contributed by atoms with van der Waals surface area (Å²) in [5.74, 6) is 0.0318. The van der Waals surface area contributed by atoms with Gasteiger partial charge in [0.15, 0.2) is 0 Å². The molecular formula is C24H33NO3SSe. The van der Waals surface area contributed by atoms with Gasteiger partial charge in [0.1, 0.15) is 0 Å². The van der Waals surface area contributed by atoms with E-state index in [2.05, 4.69) is 26.5 Å². The first-order chi connectivity index (χ1) is 14.1. The molecule has 0 saturated heterocycles. The van der Waals surface area contributed by atoms with Gasteiger partial charge in [0.2, 0.25) is 0 Å². The molecule has 2 bridgehead atoms. The fourth-order valence-electron chi connectivity index (χ4n) is 5.72. The summed E-state index contributed by atoms with van der Waals surface area (Å²) in [6, 6.07) is 10.7. The van der Waals surface area contributed by atoms with E-state index in [1.165, 1.54) is 0 Å². The first-order valence-corrected chi connectivity index (χ1v) is 14.3. The quantitative estimate of drug-likeness (QED) is 0.402. The average molecular weight is 495 g/mol. The van der Waals surface area contributed by atoms with Crippen molar-refractivity contribution in [2.45, 2.75) is 72.8 Å². The van der Waals surface area contributed by atoms with Crippen LogP contribution in [0.25, 0.3) is 0 Å². The number of hydrogen-bond acceptors (Lipinski definition) is 4. The van der Waals surface area contributed by atoms with Gasteiger partial charge in [-0.1, -0.05) is 0 Å². The van der Waals surface area contributed by atoms with E-state index in [9.17, 15) is 18.8 Å². The maximum atomic E-state index is 13.9. The molecule has 0 heterocycles. The predicted molar refractivity (Wildman–Crippen MR) is 121 cm³/mol. The number of fused-ring (bicyclic) bond motifs is 2. The van der Waals surface area contributed by atoms with Crippen LogP contribution in [0, 0.1) is 34.0 Å². The summed E-state index contributed by atoms with van der Waals surface area (Å²) in [7, 11) is -3.90. The zero-order valence-corrected chi connectivity index (χ0v) is 20.7. The summed E-state index contributed by atoms with van der Waals surface area (Å²) in [4.78, 5) is 0.199. The van der Waals surface area contributed by atoms with Crippen molar-refractivity contribution in [2.75, 3.05) is 0 Å². The number of rotatable bonds is 9. The van der Waals surface area contributed by atoms with Crippen LogP contribution >= 0.6 is 0 Å². The van der Waals surface area contributed by atoms with E-state index in [-0.39, 0.29) is 15.7 Å². The number of sulfone groups is 1. The second-order valence-corrected chi connectivity index (χ2v) is 14.6. The van der Waals surface area contributed by atoms with Crippen molar-refractivity contribution in [3.05, 3.63) is 43.0 Å². The first kappa shape index (κ1) is 23.5. The molecule has 1 aromatic carbocycles. The Labute approximate surface area is 187 Å². The normalized spacial score (nSPS) is 30.4. The molecule has 0 spiro atoms. The minimum absolute atomic E-state index is 0.0414. The molecule has 0 aliphatic heterocycles. The fourth-order valence-corrected chi connectivity index (χ4v) is 12.9. The second-order valence-electron chi connectivity index (χ2n) is 9.38. The predicted octanol–water partition coefficient (Wildman–Crippen LogP) is 4.59. The van der Waals surface area contributed by atoms with Crippen LogP contribution in [0.3, 0.4) is 0 Å². The van der Waals surface area contributed by atoms with Gasteiger partial charge in [-0.2, -0.15) is 0 Å². The Morgan fingerprint density at radius 2 is 2.07 bits per heavy atom. The summed E-state index contributed by atoms with van der Waals surface area (Å²) in [6.07, 6.45) is 5.40. The Morgan fingerprint density at radius 3 is 2.53 bits per heavy atom. The zero-order chi connectivity index (χ0) is 22.2. The van der Waals surface area contributed by atoms with Crippen molar-refractivity contribution in [1.29, 1.82) is 5.26 Å². The first-order valence-electron chi connectivity index (χ1n) is 10.8. The molecule has 2 saturated carbocycles. The molecule has 2 aliphatic rings. The Morgan fingerprint density at radius 1 is 1.40 bits per heavy atom. The number of aliphatic hydroxyl groups excluding tert-OH is 1. The average Bonchev–Trinajstić information content (AvgIpc) is 3.09. The molecule has 30 heavy (non-hydrogen) atoms. The Kier molecular flexibility index (Phi) is 6.62. The standard InChI is InChI=1S/C24H33NO3SSe/c1-5-10-18(6-2)24(16-25,29(27,28)20-11-8-7-9-12-20)30-17-23-14-13-19(15-21(23)26)22(23,3)4/h6-9,11-12,18-19,21,26H,2,5,10,13-15,17H2,1,3-4H3/t18-,19+,21-,23-,24+/m1/s1. The van der Waals surface area contributed by atoms with E-state index < -0.39 is 40.5 Å². The van der Waals surface area contributed by atoms with E-state index in [1.807, 2.05) is 6.92 Å². The van der Waals surface area contributed by atoms with Crippen molar-refractivity contribution >= 4 is 24.8 Å². The van der Waals surface area contributed by atoms with Gasteiger partial charge < -0.3 is 0 Å². The number of hydrogen-bond donors (Lipinski definition) is 1. The third kappa shape index (κ3) is 3.30. The SMILES string of the molecule is C=C[C@H](CCC)[C@](C#N)([Se]C[C@]12CC[C@@H](C[C@H]1O)C2(C)C)S(=O)(=O)c1ccccc1. The second kappa shape index (κ2) is 8.43. The molecular weight excluding hydrogens is 461 g/mol. The van der Waals surface area contributed by atoms with Crippen LogP contribution < -0.4 is 0 Å². The molecule has 2 aliphatic carbocycles. The van der Waals surface area contributed by atoms with Crippen molar-refractivity contribution < 1.29 is 13.5 Å². The molecule has 1 aromatic rings. The number of nitriles is 1. The summed E-state index contributed by atoms with van der Waals surface area (Å²) in [5, 5.41) is 22.0. The summed E-state index contributed by atoms with van der Waals surface area (Å²) < 4.78 is 26.3. The van der Waals surface area contributed by atoms with Crippen LogP contribution in [-0.4, -0.2) is 38.2 Å². The maximum absolute atomic E-state index is 13.9. The molecule has 6 heteroatoms. The van der Waals surface area contributed by atoms with E-state index in [0.717, 1.165) is 25.7 Å².